The maximum absolute atomic E-state index is 11.7. The van der Waals surface area contributed by atoms with Crippen LogP contribution in [0, 0.1) is 0 Å². The first-order chi connectivity index (χ1) is 9.96. The van der Waals surface area contributed by atoms with Crippen LogP contribution in [-0.2, 0) is 20.7 Å². The summed E-state index contributed by atoms with van der Waals surface area (Å²) in [5.41, 5.74) is 0. The minimum Gasteiger partial charge on any atom is -0.480 e. The van der Waals surface area contributed by atoms with Crippen molar-refractivity contribution in [3.63, 3.8) is 0 Å². The molecular formula is C11H16N4O5S. The van der Waals surface area contributed by atoms with Crippen molar-refractivity contribution < 1.29 is 24.2 Å². The Kier molecular flexibility index (Phi) is 6.53. The number of hydrogen-bond donors (Lipinski definition) is 3. The number of esters is 1. The first-order valence-electron chi connectivity index (χ1n) is 6.15. The van der Waals surface area contributed by atoms with E-state index in [9.17, 15) is 14.4 Å². The number of carbonyl (C=O) groups excluding carboxylic acids is 2. The van der Waals surface area contributed by atoms with E-state index in [1.54, 1.807) is 0 Å². The summed E-state index contributed by atoms with van der Waals surface area (Å²) in [4.78, 5) is 33.7. The third-order valence-corrected chi connectivity index (χ3v) is 3.44. The largest absolute Gasteiger partial charge is 0.480 e. The molecule has 0 fully saturated rings. The molecule has 0 saturated heterocycles. The Balaban J connectivity index is 2.51. The van der Waals surface area contributed by atoms with E-state index in [4.69, 9.17) is 5.11 Å². The molecule has 0 bridgehead atoms. The highest BCUT2D eigenvalue weighted by molar-refractivity contribution is 7.15. The van der Waals surface area contributed by atoms with Crippen LogP contribution in [0.15, 0.2) is 0 Å². The number of aryl methyl sites for hydroxylation is 1. The molecule has 2 amide bonds. The van der Waals surface area contributed by atoms with Gasteiger partial charge in [-0.15, -0.1) is 10.2 Å². The summed E-state index contributed by atoms with van der Waals surface area (Å²) < 4.78 is 4.42. The second-order valence-corrected chi connectivity index (χ2v) is 5.02. The van der Waals surface area contributed by atoms with Crippen LogP contribution in [-0.4, -0.2) is 46.4 Å². The number of hydrogen-bond acceptors (Lipinski definition) is 7. The number of nitrogens with one attached hydrogen (secondary N) is 2. The van der Waals surface area contributed by atoms with Gasteiger partial charge in [0.1, 0.15) is 11.0 Å². The van der Waals surface area contributed by atoms with E-state index in [0.29, 0.717) is 6.42 Å². The fourth-order valence-corrected chi connectivity index (χ4v) is 2.03. The fraction of sp³-hybridized carbons (Fsp3) is 0.545. The van der Waals surface area contributed by atoms with Crippen molar-refractivity contribution >= 4 is 34.4 Å². The van der Waals surface area contributed by atoms with E-state index in [1.165, 1.54) is 18.4 Å². The van der Waals surface area contributed by atoms with Crippen molar-refractivity contribution in [2.45, 2.75) is 32.2 Å². The predicted octanol–water partition coefficient (Wildman–Crippen LogP) is 0.628. The summed E-state index contributed by atoms with van der Waals surface area (Å²) in [6.45, 7) is 1.90. The number of aromatic nitrogens is 2. The lowest BCUT2D eigenvalue weighted by atomic mass is 10.1. The van der Waals surface area contributed by atoms with Gasteiger partial charge in [0.25, 0.3) is 0 Å². The fourth-order valence-electron chi connectivity index (χ4n) is 1.36. The Hall–Kier alpha value is -2.23. The van der Waals surface area contributed by atoms with Gasteiger partial charge >= 0.3 is 18.0 Å². The number of nitrogens with zero attached hydrogens (tertiary/aromatic N) is 2. The molecule has 0 aliphatic carbocycles. The first-order valence-corrected chi connectivity index (χ1v) is 6.97. The third kappa shape index (κ3) is 5.73. The van der Waals surface area contributed by atoms with Crippen molar-refractivity contribution in [1.82, 2.24) is 15.5 Å². The van der Waals surface area contributed by atoms with Gasteiger partial charge in [0.2, 0.25) is 5.13 Å². The van der Waals surface area contributed by atoms with Crippen molar-refractivity contribution in [2.75, 3.05) is 12.4 Å². The predicted molar refractivity (Wildman–Crippen MR) is 74.1 cm³/mol. The zero-order chi connectivity index (χ0) is 15.8. The molecule has 0 unspecified atom stereocenters. The summed E-state index contributed by atoms with van der Waals surface area (Å²) in [5.74, 6) is -1.78. The quantitative estimate of drug-likeness (QED) is 0.629. The number of anilines is 1. The summed E-state index contributed by atoms with van der Waals surface area (Å²) >= 11 is 1.20. The molecule has 0 saturated carbocycles. The molecule has 0 spiro atoms. The molecule has 10 heteroatoms. The second kappa shape index (κ2) is 8.15. The van der Waals surface area contributed by atoms with Crippen LogP contribution >= 0.6 is 11.3 Å². The van der Waals surface area contributed by atoms with Crippen molar-refractivity contribution in [3.8, 4) is 0 Å². The van der Waals surface area contributed by atoms with Crippen LogP contribution in [0.1, 0.15) is 24.8 Å². The zero-order valence-corrected chi connectivity index (χ0v) is 12.4. The van der Waals surface area contributed by atoms with E-state index in [0.717, 1.165) is 5.01 Å². The molecular weight excluding hydrogens is 300 g/mol. The Morgan fingerprint density at radius 3 is 2.62 bits per heavy atom. The lowest BCUT2D eigenvalue weighted by molar-refractivity contribution is -0.142. The van der Waals surface area contributed by atoms with E-state index in [1.807, 2.05) is 6.92 Å². The number of carboxylic acid groups (broad SMARTS) is 1. The van der Waals surface area contributed by atoms with E-state index < -0.39 is 24.0 Å². The zero-order valence-electron chi connectivity index (χ0n) is 11.6. The van der Waals surface area contributed by atoms with Crippen molar-refractivity contribution in [2.24, 2.45) is 0 Å². The number of ether oxygens (including phenoxy) is 1. The summed E-state index contributed by atoms with van der Waals surface area (Å²) in [7, 11) is 1.21. The molecule has 21 heavy (non-hydrogen) atoms. The second-order valence-electron chi connectivity index (χ2n) is 3.96. The number of methoxy groups -OCH3 is 1. The van der Waals surface area contributed by atoms with Gasteiger partial charge < -0.3 is 15.2 Å². The molecule has 1 aromatic heterocycles. The van der Waals surface area contributed by atoms with Gasteiger partial charge in [0, 0.05) is 6.42 Å². The van der Waals surface area contributed by atoms with Gasteiger partial charge in [-0.3, -0.25) is 10.1 Å². The number of carboxylic acids is 1. The molecule has 9 nitrogen and oxygen atoms in total. The third-order valence-electron chi connectivity index (χ3n) is 2.46. The van der Waals surface area contributed by atoms with Crippen LogP contribution in [0.5, 0.6) is 0 Å². The van der Waals surface area contributed by atoms with Gasteiger partial charge in [-0.1, -0.05) is 18.3 Å². The Labute approximate surface area is 124 Å². The van der Waals surface area contributed by atoms with Gasteiger partial charge in [-0.2, -0.15) is 0 Å². The molecule has 1 atom stereocenters. The highest BCUT2D eigenvalue weighted by Gasteiger charge is 2.21. The standard InChI is InChI=1S/C11H16N4O5S/c1-3-7-14-15-11(21-7)13-10(19)12-6(9(17)18)4-5-8(16)20-2/h6H,3-5H2,1-2H3,(H,17,18)(H2,12,13,15,19)/t6-/m1/s1. The molecule has 1 rings (SSSR count). The number of rotatable bonds is 7. The lowest BCUT2D eigenvalue weighted by Gasteiger charge is -2.13. The summed E-state index contributed by atoms with van der Waals surface area (Å²) in [5, 5.41) is 22.2. The molecule has 0 aliphatic rings. The van der Waals surface area contributed by atoms with Gasteiger partial charge in [-0.05, 0) is 12.8 Å². The SMILES string of the molecule is CCc1nnc(NC(=O)N[C@H](CCC(=O)OC)C(=O)O)s1. The van der Waals surface area contributed by atoms with E-state index in [-0.39, 0.29) is 18.0 Å². The minimum absolute atomic E-state index is 0.0637. The van der Waals surface area contributed by atoms with E-state index >= 15 is 0 Å². The molecule has 1 heterocycles. The van der Waals surface area contributed by atoms with Crippen molar-refractivity contribution in [1.29, 1.82) is 0 Å². The molecule has 116 valence electrons. The first kappa shape index (κ1) is 16.8. The molecule has 0 aliphatic heterocycles. The number of amides is 2. The molecule has 1 aromatic rings. The normalized spacial score (nSPS) is 11.5. The van der Waals surface area contributed by atoms with Crippen LogP contribution < -0.4 is 10.6 Å². The number of aliphatic carboxylic acids is 1. The monoisotopic (exact) mass is 316 g/mol. The van der Waals surface area contributed by atoms with Crippen LogP contribution in [0.2, 0.25) is 0 Å². The lowest BCUT2D eigenvalue weighted by Crippen LogP contribution is -2.43. The molecule has 3 N–H and O–H groups in total. The highest BCUT2D eigenvalue weighted by atomic mass is 32.1. The van der Waals surface area contributed by atoms with Gasteiger partial charge in [-0.25, -0.2) is 9.59 Å². The van der Waals surface area contributed by atoms with Crippen LogP contribution in [0.3, 0.4) is 0 Å². The maximum atomic E-state index is 11.7. The molecule has 0 radical (unpaired) electrons. The average Bonchev–Trinajstić information content (AvgIpc) is 2.90. The highest BCUT2D eigenvalue weighted by Crippen LogP contribution is 2.15. The van der Waals surface area contributed by atoms with Crippen molar-refractivity contribution in [3.05, 3.63) is 5.01 Å². The summed E-state index contributed by atoms with van der Waals surface area (Å²) in [6.07, 6.45) is 0.524. The topological polar surface area (TPSA) is 131 Å². The molecule has 0 aromatic carbocycles. The summed E-state index contributed by atoms with van der Waals surface area (Å²) in [6, 6.07) is -1.91. The number of carbonyl (C=O) groups is 3. The number of urea groups is 1. The smallest absolute Gasteiger partial charge is 0.326 e. The van der Waals surface area contributed by atoms with Crippen LogP contribution in [0.4, 0.5) is 9.93 Å². The van der Waals surface area contributed by atoms with Gasteiger partial charge in [0.15, 0.2) is 0 Å². The Bertz CT molecular complexity index is 518. The Morgan fingerprint density at radius 1 is 1.38 bits per heavy atom. The Morgan fingerprint density at radius 2 is 2.10 bits per heavy atom. The minimum atomic E-state index is -1.24. The average molecular weight is 316 g/mol. The van der Waals surface area contributed by atoms with Gasteiger partial charge in [0.05, 0.1) is 7.11 Å². The van der Waals surface area contributed by atoms with E-state index in [2.05, 4.69) is 25.6 Å². The maximum Gasteiger partial charge on any atom is 0.326 e. The van der Waals surface area contributed by atoms with Crippen LogP contribution in [0.25, 0.3) is 0 Å².